The average molecular weight is 232 g/mol. The smallest absolute Gasteiger partial charge is 0.277 e. The number of amides is 1. The summed E-state index contributed by atoms with van der Waals surface area (Å²) in [6.45, 7) is 1.73. The van der Waals surface area contributed by atoms with E-state index in [1.54, 1.807) is 44.4 Å². The lowest BCUT2D eigenvalue weighted by Crippen LogP contribution is -2.12. The van der Waals surface area contributed by atoms with Crippen LogP contribution in [-0.4, -0.2) is 18.2 Å². The quantitative estimate of drug-likeness (QED) is 0.881. The molecule has 88 valence electrons. The number of aryl methyl sites for hydroxylation is 1. The first-order valence-electron chi connectivity index (χ1n) is 5.08. The third kappa shape index (κ3) is 2.63. The summed E-state index contributed by atoms with van der Waals surface area (Å²) in [5, 5.41) is 6.34. The van der Waals surface area contributed by atoms with Crippen LogP contribution in [0, 0.1) is 6.92 Å². The fourth-order valence-electron chi connectivity index (χ4n) is 1.37. The first kappa shape index (κ1) is 11.2. The number of carbonyl (C=O) groups is 1. The molecule has 0 aliphatic heterocycles. The van der Waals surface area contributed by atoms with Gasteiger partial charge in [-0.3, -0.25) is 4.79 Å². The van der Waals surface area contributed by atoms with E-state index in [2.05, 4.69) is 10.5 Å². The SMILES string of the molecule is COc1cccc(NC(=O)c2cc(C)on2)c1. The van der Waals surface area contributed by atoms with Crippen LogP contribution < -0.4 is 10.1 Å². The van der Waals surface area contributed by atoms with Crippen LogP contribution in [-0.2, 0) is 0 Å². The summed E-state index contributed by atoms with van der Waals surface area (Å²) in [7, 11) is 1.57. The number of anilines is 1. The fourth-order valence-corrected chi connectivity index (χ4v) is 1.37. The van der Waals surface area contributed by atoms with E-state index in [0.29, 0.717) is 17.2 Å². The van der Waals surface area contributed by atoms with Crippen molar-refractivity contribution in [2.24, 2.45) is 0 Å². The minimum atomic E-state index is -0.310. The van der Waals surface area contributed by atoms with Gasteiger partial charge < -0.3 is 14.6 Å². The van der Waals surface area contributed by atoms with Gasteiger partial charge in [-0.2, -0.15) is 0 Å². The number of methoxy groups -OCH3 is 1. The molecule has 1 amide bonds. The van der Waals surface area contributed by atoms with Gasteiger partial charge in [0.2, 0.25) is 0 Å². The zero-order valence-electron chi connectivity index (χ0n) is 9.56. The van der Waals surface area contributed by atoms with Gasteiger partial charge in [-0.1, -0.05) is 11.2 Å². The second-order valence-electron chi connectivity index (χ2n) is 3.51. The molecule has 1 heterocycles. The van der Waals surface area contributed by atoms with E-state index >= 15 is 0 Å². The molecule has 2 aromatic rings. The van der Waals surface area contributed by atoms with Gasteiger partial charge in [-0.05, 0) is 19.1 Å². The van der Waals surface area contributed by atoms with Gasteiger partial charge in [0, 0.05) is 17.8 Å². The van der Waals surface area contributed by atoms with Crippen LogP contribution in [0.15, 0.2) is 34.9 Å². The van der Waals surface area contributed by atoms with Crippen LogP contribution in [0.1, 0.15) is 16.2 Å². The van der Waals surface area contributed by atoms with Gasteiger partial charge in [0.1, 0.15) is 11.5 Å². The largest absolute Gasteiger partial charge is 0.497 e. The van der Waals surface area contributed by atoms with Crippen LogP contribution in [0.2, 0.25) is 0 Å². The number of nitrogens with zero attached hydrogens (tertiary/aromatic N) is 1. The maximum absolute atomic E-state index is 11.8. The van der Waals surface area contributed by atoms with E-state index in [-0.39, 0.29) is 11.6 Å². The predicted octanol–water partition coefficient (Wildman–Crippen LogP) is 2.24. The van der Waals surface area contributed by atoms with Crippen molar-refractivity contribution < 1.29 is 14.1 Å². The highest BCUT2D eigenvalue weighted by atomic mass is 16.5. The van der Waals surface area contributed by atoms with Crippen molar-refractivity contribution in [2.75, 3.05) is 12.4 Å². The molecule has 0 saturated carbocycles. The van der Waals surface area contributed by atoms with Crippen LogP contribution in [0.5, 0.6) is 5.75 Å². The molecule has 0 radical (unpaired) electrons. The molecule has 0 aliphatic rings. The van der Waals surface area contributed by atoms with Crippen molar-refractivity contribution in [1.29, 1.82) is 0 Å². The molecule has 1 aromatic heterocycles. The normalized spacial score (nSPS) is 10.0. The Morgan fingerprint density at radius 1 is 1.41 bits per heavy atom. The molecule has 0 unspecified atom stereocenters. The van der Waals surface area contributed by atoms with E-state index < -0.39 is 0 Å². The first-order valence-corrected chi connectivity index (χ1v) is 5.08. The van der Waals surface area contributed by atoms with Gasteiger partial charge in [0.05, 0.1) is 7.11 Å². The van der Waals surface area contributed by atoms with Crippen molar-refractivity contribution in [3.63, 3.8) is 0 Å². The highest BCUT2D eigenvalue weighted by Gasteiger charge is 2.11. The Morgan fingerprint density at radius 2 is 2.24 bits per heavy atom. The molecule has 0 atom stereocenters. The minimum absolute atomic E-state index is 0.255. The Labute approximate surface area is 98.4 Å². The monoisotopic (exact) mass is 232 g/mol. The van der Waals surface area contributed by atoms with Crippen LogP contribution in [0.25, 0.3) is 0 Å². The highest BCUT2D eigenvalue weighted by molar-refractivity contribution is 6.02. The third-order valence-electron chi connectivity index (χ3n) is 2.19. The molecule has 5 heteroatoms. The molecule has 0 aliphatic carbocycles. The average Bonchev–Trinajstić information content (AvgIpc) is 2.76. The van der Waals surface area contributed by atoms with Gasteiger partial charge in [0.25, 0.3) is 5.91 Å². The first-order chi connectivity index (χ1) is 8.19. The molecule has 0 spiro atoms. The Bertz CT molecular complexity index is 534. The molecule has 0 bridgehead atoms. The molecular weight excluding hydrogens is 220 g/mol. The van der Waals surface area contributed by atoms with Crippen molar-refractivity contribution in [1.82, 2.24) is 5.16 Å². The number of aromatic nitrogens is 1. The zero-order chi connectivity index (χ0) is 12.3. The lowest BCUT2D eigenvalue weighted by molar-refractivity contribution is 0.101. The summed E-state index contributed by atoms with van der Waals surface area (Å²) in [6.07, 6.45) is 0. The van der Waals surface area contributed by atoms with Crippen molar-refractivity contribution >= 4 is 11.6 Å². The number of nitrogens with one attached hydrogen (secondary N) is 1. The van der Waals surface area contributed by atoms with E-state index in [9.17, 15) is 4.79 Å². The molecule has 2 rings (SSSR count). The fraction of sp³-hybridized carbons (Fsp3) is 0.167. The topological polar surface area (TPSA) is 64.4 Å². The molecule has 0 saturated heterocycles. The summed E-state index contributed by atoms with van der Waals surface area (Å²) < 4.78 is 9.89. The van der Waals surface area contributed by atoms with Crippen LogP contribution in [0.4, 0.5) is 5.69 Å². The standard InChI is InChI=1S/C12H12N2O3/c1-8-6-11(14-17-8)12(15)13-9-4-3-5-10(7-9)16-2/h3-7H,1-2H3,(H,13,15). The summed E-state index contributed by atoms with van der Waals surface area (Å²) in [4.78, 5) is 11.8. The number of benzene rings is 1. The number of rotatable bonds is 3. The third-order valence-corrected chi connectivity index (χ3v) is 2.19. The van der Waals surface area contributed by atoms with Gasteiger partial charge in [0.15, 0.2) is 5.69 Å². The second kappa shape index (κ2) is 4.69. The number of ether oxygens (including phenoxy) is 1. The lowest BCUT2D eigenvalue weighted by atomic mass is 10.3. The van der Waals surface area contributed by atoms with Crippen molar-refractivity contribution in [2.45, 2.75) is 6.92 Å². The maximum Gasteiger partial charge on any atom is 0.277 e. The second-order valence-corrected chi connectivity index (χ2v) is 3.51. The molecule has 17 heavy (non-hydrogen) atoms. The van der Waals surface area contributed by atoms with Gasteiger partial charge in [-0.15, -0.1) is 0 Å². The Hall–Kier alpha value is -2.30. The number of hydrogen-bond acceptors (Lipinski definition) is 4. The van der Waals surface area contributed by atoms with Crippen molar-refractivity contribution in [3.05, 3.63) is 41.8 Å². The molecule has 1 aromatic carbocycles. The number of carbonyl (C=O) groups excluding carboxylic acids is 1. The summed E-state index contributed by atoms with van der Waals surface area (Å²) >= 11 is 0. The minimum Gasteiger partial charge on any atom is -0.497 e. The summed E-state index contributed by atoms with van der Waals surface area (Å²) in [5.74, 6) is 0.968. The summed E-state index contributed by atoms with van der Waals surface area (Å²) in [5.41, 5.74) is 0.903. The molecule has 0 fully saturated rings. The van der Waals surface area contributed by atoms with Gasteiger partial charge >= 0.3 is 0 Å². The van der Waals surface area contributed by atoms with Crippen LogP contribution >= 0.6 is 0 Å². The molecule has 5 nitrogen and oxygen atoms in total. The van der Waals surface area contributed by atoms with E-state index in [1.165, 1.54) is 0 Å². The van der Waals surface area contributed by atoms with E-state index in [1.807, 2.05) is 0 Å². The summed E-state index contributed by atoms with van der Waals surface area (Å²) in [6, 6.07) is 8.67. The van der Waals surface area contributed by atoms with Gasteiger partial charge in [-0.25, -0.2) is 0 Å². The molecule has 1 N–H and O–H groups in total. The number of hydrogen-bond donors (Lipinski definition) is 1. The van der Waals surface area contributed by atoms with Crippen molar-refractivity contribution in [3.8, 4) is 5.75 Å². The maximum atomic E-state index is 11.8. The Morgan fingerprint density at radius 3 is 2.88 bits per heavy atom. The lowest BCUT2D eigenvalue weighted by Gasteiger charge is -2.04. The van der Waals surface area contributed by atoms with E-state index in [0.717, 1.165) is 0 Å². The predicted molar refractivity (Wildman–Crippen MR) is 62.2 cm³/mol. The van der Waals surface area contributed by atoms with Crippen LogP contribution in [0.3, 0.4) is 0 Å². The molecular formula is C12H12N2O3. The van der Waals surface area contributed by atoms with E-state index in [4.69, 9.17) is 9.26 Å². The Balaban J connectivity index is 2.12. The zero-order valence-corrected chi connectivity index (χ0v) is 9.56. The Kier molecular flexibility index (Phi) is 3.09. The highest BCUT2D eigenvalue weighted by Crippen LogP contribution is 2.17.